The van der Waals surface area contributed by atoms with E-state index in [0.717, 1.165) is 66.5 Å². The summed E-state index contributed by atoms with van der Waals surface area (Å²) < 4.78 is 0. The summed E-state index contributed by atoms with van der Waals surface area (Å²) in [6, 6.07) is 16.3. The van der Waals surface area contributed by atoms with Crippen LogP contribution in [-0.2, 0) is 11.2 Å². The smallest absolute Gasteiger partial charge is 0.221 e. The number of hydrogen-bond acceptors (Lipinski definition) is 4. The standard InChI is InChI=1S/C24H27ClN4O/c1-17-6-7-22-23(26-17)15-20(25)16-24(22)29-12-10-28(11-13-29)9-8-19-4-3-5-21(14-19)27-18(2)30/h3-7,14-16H,8-13H2,1-2H3,(H,27,30). The number of nitrogens with zero attached hydrogens (tertiary/aromatic N) is 3. The van der Waals surface area contributed by atoms with Gasteiger partial charge in [-0.2, -0.15) is 0 Å². The van der Waals surface area contributed by atoms with E-state index in [4.69, 9.17) is 11.6 Å². The van der Waals surface area contributed by atoms with Crippen LogP contribution < -0.4 is 10.2 Å². The van der Waals surface area contributed by atoms with Crippen LogP contribution in [0, 0.1) is 6.92 Å². The second kappa shape index (κ2) is 9.02. The van der Waals surface area contributed by atoms with Gasteiger partial charge < -0.3 is 10.2 Å². The zero-order valence-electron chi connectivity index (χ0n) is 17.5. The summed E-state index contributed by atoms with van der Waals surface area (Å²) in [4.78, 5) is 20.8. The molecule has 156 valence electrons. The molecule has 3 aromatic rings. The van der Waals surface area contributed by atoms with Crippen molar-refractivity contribution >= 4 is 39.8 Å². The molecule has 6 heteroatoms. The Morgan fingerprint density at radius 3 is 2.67 bits per heavy atom. The van der Waals surface area contributed by atoms with Crippen LogP contribution in [0.1, 0.15) is 18.2 Å². The lowest BCUT2D eigenvalue weighted by Crippen LogP contribution is -2.47. The maximum atomic E-state index is 11.3. The minimum atomic E-state index is -0.0397. The molecule has 0 unspecified atom stereocenters. The molecule has 1 fully saturated rings. The zero-order chi connectivity index (χ0) is 21.1. The van der Waals surface area contributed by atoms with Gasteiger partial charge in [0.2, 0.25) is 5.91 Å². The predicted molar refractivity (Wildman–Crippen MR) is 125 cm³/mol. The van der Waals surface area contributed by atoms with E-state index in [9.17, 15) is 4.79 Å². The van der Waals surface area contributed by atoms with Crippen molar-refractivity contribution in [1.82, 2.24) is 9.88 Å². The second-order valence-electron chi connectivity index (χ2n) is 7.90. The highest BCUT2D eigenvalue weighted by atomic mass is 35.5. The number of halogens is 1. The molecule has 0 atom stereocenters. The molecule has 0 aliphatic carbocycles. The van der Waals surface area contributed by atoms with Crippen molar-refractivity contribution in [3.05, 3.63) is 64.8 Å². The number of carbonyl (C=O) groups excluding carboxylic acids is 1. The molecule has 4 rings (SSSR count). The van der Waals surface area contributed by atoms with Crippen molar-refractivity contribution < 1.29 is 4.79 Å². The lowest BCUT2D eigenvalue weighted by atomic mass is 10.1. The van der Waals surface area contributed by atoms with Gasteiger partial charge in [0.15, 0.2) is 0 Å². The summed E-state index contributed by atoms with van der Waals surface area (Å²) in [5, 5.41) is 4.75. The van der Waals surface area contributed by atoms with Gasteiger partial charge in [0.05, 0.1) is 5.52 Å². The Labute approximate surface area is 182 Å². The van der Waals surface area contributed by atoms with Crippen LogP contribution in [0.4, 0.5) is 11.4 Å². The third-order valence-corrected chi connectivity index (χ3v) is 5.78. The lowest BCUT2D eigenvalue weighted by molar-refractivity contribution is -0.114. The second-order valence-corrected chi connectivity index (χ2v) is 8.34. The number of rotatable bonds is 5. The maximum absolute atomic E-state index is 11.3. The van der Waals surface area contributed by atoms with Crippen LogP contribution >= 0.6 is 11.6 Å². The Morgan fingerprint density at radius 1 is 1.10 bits per heavy atom. The van der Waals surface area contributed by atoms with Gasteiger partial charge in [-0.15, -0.1) is 0 Å². The Balaban J connectivity index is 1.38. The quantitative estimate of drug-likeness (QED) is 0.656. The van der Waals surface area contributed by atoms with E-state index < -0.39 is 0 Å². The van der Waals surface area contributed by atoms with E-state index >= 15 is 0 Å². The first-order chi connectivity index (χ1) is 14.5. The highest BCUT2D eigenvalue weighted by Crippen LogP contribution is 2.31. The number of aromatic nitrogens is 1. The van der Waals surface area contributed by atoms with Gasteiger partial charge in [-0.3, -0.25) is 14.7 Å². The number of anilines is 2. The van der Waals surface area contributed by atoms with Crippen LogP contribution in [0.5, 0.6) is 0 Å². The third kappa shape index (κ3) is 4.91. The highest BCUT2D eigenvalue weighted by molar-refractivity contribution is 6.31. The summed E-state index contributed by atoms with van der Waals surface area (Å²) >= 11 is 6.38. The van der Waals surface area contributed by atoms with Gasteiger partial charge >= 0.3 is 0 Å². The van der Waals surface area contributed by atoms with Crippen LogP contribution in [-0.4, -0.2) is 48.5 Å². The Hall–Kier alpha value is -2.63. The number of nitrogens with one attached hydrogen (secondary N) is 1. The first kappa shape index (κ1) is 20.6. The fourth-order valence-electron chi connectivity index (χ4n) is 4.05. The Kier molecular flexibility index (Phi) is 6.21. The van der Waals surface area contributed by atoms with Gasteiger partial charge in [-0.05, 0) is 55.3 Å². The molecule has 0 bridgehead atoms. The van der Waals surface area contributed by atoms with Crippen molar-refractivity contribution in [3.8, 4) is 0 Å². The topological polar surface area (TPSA) is 48.5 Å². The van der Waals surface area contributed by atoms with Crippen molar-refractivity contribution in [2.75, 3.05) is 42.9 Å². The maximum Gasteiger partial charge on any atom is 0.221 e. The van der Waals surface area contributed by atoms with E-state index in [-0.39, 0.29) is 5.91 Å². The molecule has 0 saturated carbocycles. The van der Waals surface area contributed by atoms with Gasteiger partial charge in [-0.25, -0.2) is 0 Å². The number of aryl methyl sites for hydroxylation is 1. The van der Waals surface area contributed by atoms with E-state index in [1.165, 1.54) is 18.2 Å². The summed E-state index contributed by atoms with van der Waals surface area (Å²) in [6.45, 7) is 8.51. The number of fused-ring (bicyclic) bond motifs is 1. The molecule has 30 heavy (non-hydrogen) atoms. The van der Waals surface area contributed by atoms with Crippen LogP contribution in [0.2, 0.25) is 5.02 Å². The van der Waals surface area contributed by atoms with Crippen LogP contribution in [0.25, 0.3) is 10.9 Å². The van der Waals surface area contributed by atoms with Gasteiger partial charge in [0.25, 0.3) is 0 Å². The van der Waals surface area contributed by atoms with Crippen molar-refractivity contribution in [2.24, 2.45) is 0 Å². The molecule has 2 aromatic carbocycles. The average molecular weight is 423 g/mol. The first-order valence-electron chi connectivity index (χ1n) is 10.4. The van der Waals surface area contributed by atoms with E-state index in [1.807, 2.05) is 25.1 Å². The summed E-state index contributed by atoms with van der Waals surface area (Å²) in [7, 11) is 0. The van der Waals surface area contributed by atoms with Crippen molar-refractivity contribution in [2.45, 2.75) is 20.3 Å². The molecular formula is C24H27ClN4O. The molecule has 5 nitrogen and oxygen atoms in total. The monoisotopic (exact) mass is 422 g/mol. The zero-order valence-corrected chi connectivity index (χ0v) is 18.2. The first-order valence-corrected chi connectivity index (χ1v) is 10.8. The molecule has 2 heterocycles. The molecule has 1 amide bonds. The molecule has 0 radical (unpaired) electrons. The SMILES string of the molecule is CC(=O)Nc1cccc(CCN2CCN(c3cc(Cl)cc4nc(C)ccc34)CC2)c1. The molecular weight excluding hydrogens is 396 g/mol. The number of piperazine rings is 1. The Morgan fingerprint density at radius 2 is 1.90 bits per heavy atom. The molecule has 1 aliphatic rings. The summed E-state index contributed by atoms with van der Waals surface area (Å²) in [5.41, 5.74) is 5.24. The average Bonchev–Trinajstić information content (AvgIpc) is 2.71. The molecule has 1 N–H and O–H groups in total. The van der Waals surface area contributed by atoms with Crippen molar-refractivity contribution in [1.29, 1.82) is 0 Å². The molecule has 1 aromatic heterocycles. The predicted octanol–water partition coefficient (Wildman–Crippen LogP) is 4.52. The van der Waals surface area contributed by atoms with E-state index in [0.29, 0.717) is 0 Å². The minimum absolute atomic E-state index is 0.0397. The number of carbonyl (C=O) groups is 1. The van der Waals surface area contributed by atoms with Gasteiger partial charge in [0.1, 0.15) is 0 Å². The van der Waals surface area contributed by atoms with Gasteiger partial charge in [-0.1, -0.05) is 23.7 Å². The number of benzene rings is 2. The van der Waals surface area contributed by atoms with Gasteiger partial charge in [0, 0.05) is 67.1 Å². The third-order valence-electron chi connectivity index (χ3n) is 5.57. The summed E-state index contributed by atoms with van der Waals surface area (Å²) in [5.74, 6) is -0.0397. The van der Waals surface area contributed by atoms with Crippen LogP contribution in [0.15, 0.2) is 48.5 Å². The number of amides is 1. The fourth-order valence-corrected chi connectivity index (χ4v) is 4.26. The van der Waals surface area contributed by atoms with Crippen molar-refractivity contribution in [3.63, 3.8) is 0 Å². The van der Waals surface area contributed by atoms with E-state index in [1.54, 1.807) is 0 Å². The van der Waals surface area contributed by atoms with Crippen LogP contribution in [0.3, 0.4) is 0 Å². The summed E-state index contributed by atoms with van der Waals surface area (Å²) in [6.07, 6.45) is 0.969. The molecule has 1 saturated heterocycles. The van der Waals surface area contributed by atoms with E-state index in [2.05, 4.69) is 50.4 Å². The molecule has 1 aliphatic heterocycles. The number of hydrogen-bond donors (Lipinski definition) is 1. The normalized spacial score (nSPS) is 14.8. The minimum Gasteiger partial charge on any atom is -0.368 e. The number of pyridine rings is 1. The highest BCUT2D eigenvalue weighted by Gasteiger charge is 2.19. The lowest BCUT2D eigenvalue weighted by Gasteiger charge is -2.36. The fraction of sp³-hybridized carbons (Fsp3) is 0.333. The molecule has 0 spiro atoms. The largest absolute Gasteiger partial charge is 0.368 e. The Bertz CT molecular complexity index is 1060.